The molecule has 2 aliphatic rings. The fourth-order valence-corrected chi connectivity index (χ4v) is 3.84. The fraction of sp³-hybridized carbons (Fsp3) is 1.00. The van der Waals surface area contributed by atoms with E-state index in [2.05, 4.69) is 16.7 Å². The van der Waals surface area contributed by atoms with Gasteiger partial charge in [-0.05, 0) is 57.8 Å². The summed E-state index contributed by atoms with van der Waals surface area (Å²) in [6.45, 7) is 9.98. The van der Waals surface area contributed by atoms with E-state index in [0.717, 1.165) is 13.2 Å². The zero-order chi connectivity index (χ0) is 13.7. The van der Waals surface area contributed by atoms with Crippen LogP contribution < -0.4 is 5.73 Å². The zero-order valence-electron chi connectivity index (χ0n) is 12.7. The molecule has 0 radical (unpaired) electrons. The highest BCUT2D eigenvalue weighted by molar-refractivity contribution is 4.97. The average Bonchev–Trinajstić information content (AvgIpc) is 2.79. The minimum atomic E-state index is 0.256. The first-order chi connectivity index (χ1) is 9.24. The maximum absolute atomic E-state index is 6.20. The molecule has 2 atom stereocenters. The molecule has 2 saturated heterocycles. The van der Waals surface area contributed by atoms with Crippen LogP contribution in [0, 0.1) is 5.92 Å². The van der Waals surface area contributed by atoms with E-state index in [4.69, 9.17) is 10.5 Å². The monoisotopic (exact) mass is 269 g/mol. The molecule has 112 valence electrons. The highest BCUT2D eigenvalue weighted by atomic mass is 16.5. The minimum Gasteiger partial charge on any atom is -0.384 e. The molecule has 0 aromatic rings. The second kappa shape index (κ2) is 7.02. The van der Waals surface area contributed by atoms with Crippen molar-refractivity contribution in [3.8, 4) is 0 Å². The van der Waals surface area contributed by atoms with Crippen molar-refractivity contribution in [3.63, 3.8) is 0 Å². The van der Waals surface area contributed by atoms with Gasteiger partial charge in [-0.2, -0.15) is 0 Å². The molecular weight excluding hydrogens is 238 g/mol. The number of hydrogen-bond acceptors (Lipinski definition) is 4. The fourth-order valence-electron chi connectivity index (χ4n) is 3.84. The molecular formula is C15H31N3O. The highest BCUT2D eigenvalue weighted by Crippen LogP contribution is 2.33. The van der Waals surface area contributed by atoms with Crippen LogP contribution in [-0.2, 0) is 4.74 Å². The predicted octanol–water partition coefficient (Wildman–Crippen LogP) is 1.16. The second-order valence-corrected chi connectivity index (χ2v) is 6.27. The minimum absolute atomic E-state index is 0.256. The van der Waals surface area contributed by atoms with Crippen LogP contribution in [0.3, 0.4) is 0 Å². The van der Waals surface area contributed by atoms with Crippen molar-refractivity contribution < 1.29 is 4.74 Å². The third-order valence-electron chi connectivity index (χ3n) is 5.20. The molecule has 2 aliphatic heterocycles. The van der Waals surface area contributed by atoms with E-state index in [1.165, 1.54) is 58.4 Å². The van der Waals surface area contributed by atoms with Gasteiger partial charge in [-0.1, -0.05) is 6.92 Å². The third kappa shape index (κ3) is 3.48. The molecule has 0 aromatic carbocycles. The zero-order valence-corrected chi connectivity index (χ0v) is 12.7. The van der Waals surface area contributed by atoms with Crippen LogP contribution in [0.15, 0.2) is 0 Å². The van der Waals surface area contributed by atoms with Gasteiger partial charge in [0, 0.05) is 25.7 Å². The largest absolute Gasteiger partial charge is 0.384 e. The lowest BCUT2D eigenvalue weighted by Gasteiger charge is -2.41. The van der Waals surface area contributed by atoms with Gasteiger partial charge in [0.05, 0.1) is 6.61 Å². The van der Waals surface area contributed by atoms with Crippen LogP contribution in [0.25, 0.3) is 0 Å². The summed E-state index contributed by atoms with van der Waals surface area (Å²) in [4.78, 5) is 5.25. The molecule has 2 N–H and O–H groups in total. The summed E-state index contributed by atoms with van der Waals surface area (Å²) in [7, 11) is 1.81. The van der Waals surface area contributed by atoms with Crippen molar-refractivity contribution in [2.75, 3.05) is 53.0 Å². The Morgan fingerprint density at radius 1 is 1.26 bits per heavy atom. The molecule has 0 bridgehead atoms. The Bertz CT molecular complexity index is 274. The molecule has 2 fully saturated rings. The number of likely N-dealkylation sites (tertiary alicyclic amines) is 2. The third-order valence-corrected chi connectivity index (χ3v) is 5.20. The van der Waals surface area contributed by atoms with Gasteiger partial charge in [0.2, 0.25) is 0 Å². The smallest absolute Gasteiger partial charge is 0.0503 e. The number of ether oxygens (including phenoxy) is 1. The molecule has 2 heterocycles. The molecule has 4 nitrogen and oxygen atoms in total. The molecule has 0 saturated carbocycles. The molecule has 0 aromatic heterocycles. The number of nitrogens with zero attached hydrogens (tertiary/aromatic N) is 2. The van der Waals surface area contributed by atoms with Crippen molar-refractivity contribution in [2.45, 2.75) is 38.1 Å². The molecule has 2 rings (SSSR count). The van der Waals surface area contributed by atoms with Gasteiger partial charge in [-0.15, -0.1) is 0 Å². The second-order valence-electron chi connectivity index (χ2n) is 6.27. The quantitative estimate of drug-likeness (QED) is 0.813. The molecule has 2 unspecified atom stereocenters. The van der Waals surface area contributed by atoms with E-state index in [-0.39, 0.29) is 5.54 Å². The van der Waals surface area contributed by atoms with Crippen molar-refractivity contribution in [1.82, 2.24) is 9.80 Å². The van der Waals surface area contributed by atoms with E-state index in [9.17, 15) is 0 Å². The first-order valence-corrected chi connectivity index (χ1v) is 7.90. The molecule has 0 spiro atoms. The highest BCUT2D eigenvalue weighted by Gasteiger charge is 2.40. The lowest BCUT2D eigenvalue weighted by Crippen LogP contribution is -2.53. The van der Waals surface area contributed by atoms with Crippen molar-refractivity contribution in [3.05, 3.63) is 0 Å². The van der Waals surface area contributed by atoms with Crippen LogP contribution in [-0.4, -0.2) is 68.3 Å². The molecule has 19 heavy (non-hydrogen) atoms. The number of rotatable bonds is 5. The van der Waals surface area contributed by atoms with Gasteiger partial charge >= 0.3 is 0 Å². The molecule has 0 amide bonds. The lowest BCUT2D eigenvalue weighted by molar-refractivity contribution is 0.0895. The van der Waals surface area contributed by atoms with Gasteiger partial charge < -0.3 is 15.4 Å². The van der Waals surface area contributed by atoms with Crippen LogP contribution in [0.1, 0.15) is 32.6 Å². The first-order valence-electron chi connectivity index (χ1n) is 7.90. The van der Waals surface area contributed by atoms with E-state index in [1.54, 1.807) is 0 Å². The normalized spacial score (nSPS) is 34.6. The Hall–Kier alpha value is -0.160. The van der Waals surface area contributed by atoms with Crippen molar-refractivity contribution >= 4 is 0 Å². The lowest BCUT2D eigenvalue weighted by atomic mass is 9.88. The summed E-state index contributed by atoms with van der Waals surface area (Å²) < 4.78 is 5.32. The molecule has 4 heteroatoms. The maximum Gasteiger partial charge on any atom is 0.0503 e. The first kappa shape index (κ1) is 15.2. The van der Waals surface area contributed by atoms with Gasteiger partial charge in [-0.3, -0.25) is 4.90 Å². The van der Waals surface area contributed by atoms with E-state index >= 15 is 0 Å². The summed E-state index contributed by atoms with van der Waals surface area (Å²) in [5.74, 6) is 0.707. The van der Waals surface area contributed by atoms with Gasteiger partial charge in [0.1, 0.15) is 0 Å². The van der Waals surface area contributed by atoms with Gasteiger partial charge in [-0.25, -0.2) is 0 Å². The Labute approximate surface area is 118 Å². The van der Waals surface area contributed by atoms with Crippen LogP contribution >= 0.6 is 0 Å². The van der Waals surface area contributed by atoms with E-state index < -0.39 is 0 Å². The van der Waals surface area contributed by atoms with Crippen LogP contribution in [0.5, 0.6) is 0 Å². The Kier molecular flexibility index (Phi) is 5.63. The number of nitrogens with two attached hydrogens (primary N) is 1. The number of methoxy groups -OCH3 is 1. The van der Waals surface area contributed by atoms with Crippen molar-refractivity contribution in [1.29, 1.82) is 0 Å². The summed E-state index contributed by atoms with van der Waals surface area (Å²) in [6.07, 6.45) is 5.06. The van der Waals surface area contributed by atoms with E-state index in [0.29, 0.717) is 5.92 Å². The predicted molar refractivity (Wildman–Crippen MR) is 79.3 cm³/mol. The standard InChI is InChI=1S/C15H31N3O/c1-3-17-8-4-6-15(13-16,7-10-17)18-9-5-14(11-18)12-19-2/h14H,3-13,16H2,1-2H3. The summed E-state index contributed by atoms with van der Waals surface area (Å²) in [6, 6.07) is 0. The number of hydrogen-bond donors (Lipinski definition) is 1. The summed E-state index contributed by atoms with van der Waals surface area (Å²) in [5, 5.41) is 0. The van der Waals surface area contributed by atoms with Crippen LogP contribution in [0.4, 0.5) is 0 Å². The van der Waals surface area contributed by atoms with E-state index in [1.807, 2.05) is 7.11 Å². The maximum atomic E-state index is 6.20. The SMILES string of the molecule is CCN1CCCC(CN)(N2CCC(COC)C2)CC1. The summed E-state index contributed by atoms with van der Waals surface area (Å²) >= 11 is 0. The molecule has 0 aliphatic carbocycles. The summed E-state index contributed by atoms with van der Waals surface area (Å²) in [5.41, 5.74) is 6.46. The van der Waals surface area contributed by atoms with Crippen LogP contribution in [0.2, 0.25) is 0 Å². The average molecular weight is 269 g/mol. The van der Waals surface area contributed by atoms with Crippen molar-refractivity contribution in [2.24, 2.45) is 11.7 Å². The Balaban J connectivity index is 1.98. The Morgan fingerprint density at radius 2 is 2.11 bits per heavy atom. The topological polar surface area (TPSA) is 41.7 Å². The van der Waals surface area contributed by atoms with Gasteiger partial charge in [0.15, 0.2) is 0 Å². The Morgan fingerprint density at radius 3 is 2.79 bits per heavy atom. The van der Waals surface area contributed by atoms with Gasteiger partial charge in [0.25, 0.3) is 0 Å².